The van der Waals surface area contributed by atoms with E-state index in [1.807, 2.05) is 48.5 Å². The third-order valence-electron chi connectivity index (χ3n) is 5.06. The van der Waals surface area contributed by atoms with Crippen LogP contribution in [0, 0.1) is 45.3 Å². The molecule has 0 aromatic heterocycles. The van der Waals surface area contributed by atoms with Crippen LogP contribution in [0.3, 0.4) is 0 Å². The van der Waals surface area contributed by atoms with Crippen molar-refractivity contribution < 1.29 is 4.79 Å². The maximum atomic E-state index is 12.9. The lowest BCUT2D eigenvalue weighted by atomic mass is 9.55. The Bertz CT molecular complexity index is 788. The van der Waals surface area contributed by atoms with E-state index in [1.54, 1.807) is 0 Å². The zero-order valence-corrected chi connectivity index (χ0v) is 12.6. The van der Waals surface area contributed by atoms with Crippen LogP contribution in [-0.2, 0) is 4.79 Å². The average Bonchev–Trinajstić information content (AvgIpc) is 2.61. The fourth-order valence-corrected chi connectivity index (χ4v) is 4.03. The molecule has 2 aliphatic rings. The van der Waals surface area contributed by atoms with Gasteiger partial charge in [-0.3, -0.25) is 4.79 Å². The van der Waals surface area contributed by atoms with Crippen LogP contribution in [-0.4, -0.2) is 5.78 Å². The monoisotopic (exact) mass is 301 g/mol. The highest BCUT2D eigenvalue weighted by Crippen LogP contribution is 2.54. The fourth-order valence-electron chi connectivity index (χ4n) is 4.03. The third-order valence-corrected chi connectivity index (χ3v) is 5.06. The van der Waals surface area contributed by atoms with Crippen LogP contribution in [0.2, 0.25) is 0 Å². The molecule has 4 nitrogen and oxygen atoms in total. The lowest BCUT2D eigenvalue weighted by molar-refractivity contribution is -0.121. The van der Waals surface area contributed by atoms with Gasteiger partial charge in [-0.2, -0.15) is 15.8 Å². The molecule has 0 bridgehead atoms. The Kier molecular flexibility index (Phi) is 3.73. The number of benzene rings is 1. The predicted molar refractivity (Wildman–Crippen MR) is 82.4 cm³/mol. The normalized spacial score (nSPS) is 25.7. The molecule has 0 radical (unpaired) electrons. The standard InChI is InChI=1S/C19H15N3O/c20-10-16-14-8-4-5-9-15(14)17(13-6-2-1-3-7-13)19(11-21,12-22)18(16)23/h1-3,6-7,15,17H,4-5,8-9H2. The van der Waals surface area contributed by atoms with Gasteiger partial charge in [0.15, 0.2) is 0 Å². The van der Waals surface area contributed by atoms with E-state index in [0.29, 0.717) is 6.42 Å². The third kappa shape index (κ3) is 2.06. The molecule has 3 rings (SSSR count). The summed E-state index contributed by atoms with van der Waals surface area (Å²) in [4.78, 5) is 12.9. The first-order valence-electron chi connectivity index (χ1n) is 7.75. The second-order valence-corrected chi connectivity index (χ2v) is 6.11. The Balaban J connectivity index is 2.29. The van der Waals surface area contributed by atoms with Gasteiger partial charge in [-0.15, -0.1) is 0 Å². The number of nitriles is 3. The van der Waals surface area contributed by atoms with E-state index in [4.69, 9.17) is 0 Å². The Labute approximate surface area is 135 Å². The minimum Gasteiger partial charge on any atom is -0.290 e. The van der Waals surface area contributed by atoms with Gasteiger partial charge in [0, 0.05) is 5.92 Å². The van der Waals surface area contributed by atoms with Crippen molar-refractivity contribution in [1.82, 2.24) is 0 Å². The highest BCUT2D eigenvalue weighted by molar-refractivity contribution is 6.09. The Hall–Kier alpha value is -2.90. The maximum absolute atomic E-state index is 12.9. The van der Waals surface area contributed by atoms with Crippen molar-refractivity contribution in [2.24, 2.45) is 11.3 Å². The average molecular weight is 301 g/mol. The number of ketones is 1. The lowest BCUT2D eigenvalue weighted by Crippen LogP contribution is -2.45. The molecular formula is C19H15N3O. The van der Waals surface area contributed by atoms with E-state index in [9.17, 15) is 20.6 Å². The van der Waals surface area contributed by atoms with Gasteiger partial charge in [0.05, 0.1) is 17.7 Å². The van der Waals surface area contributed by atoms with Crippen LogP contribution >= 0.6 is 0 Å². The van der Waals surface area contributed by atoms with Crippen molar-refractivity contribution in [3.8, 4) is 18.2 Å². The zero-order valence-electron chi connectivity index (χ0n) is 12.6. The predicted octanol–water partition coefficient (Wildman–Crippen LogP) is 3.40. The fraction of sp³-hybridized carbons (Fsp3) is 0.368. The number of allylic oxidation sites excluding steroid dienone is 2. The molecule has 0 saturated heterocycles. The summed E-state index contributed by atoms with van der Waals surface area (Å²) in [5, 5.41) is 28.9. The summed E-state index contributed by atoms with van der Waals surface area (Å²) in [7, 11) is 0. The summed E-state index contributed by atoms with van der Waals surface area (Å²) in [5.41, 5.74) is -0.0909. The maximum Gasteiger partial charge on any atom is 0.214 e. The van der Waals surface area contributed by atoms with E-state index < -0.39 is 17.1 Å². The van der Waals surface area contributed by atoms with Crippen molar-refractivity contribution in [3.05, 3.63) is 47.0 Å². The Morgan fingerprint density at radius 2 is 1.74 bits per heavy atom. The first-order valence-corrected chi connectivity index (χ1v) is 7.75. The highest BCUT2D eigenvalue weighted by Gasteiger charge is 2.56. The lowest BCUT2D eigenvalue weighted by Gasteiger charge is -2.42. The molecule has 112 valence electrons. The molecular weight excluding hydrogens is 286 g/mol. The molecule has 1 fully saturated rings. The van der Waals surface area contributed by atoms with Gasteiger partial charge >= 0.3 is 0 Å². The zero-order chi connectivity index (χ0) is 16.4. The first kappa shape index (κ1) is 15.0. The molecule has 0 aliphatic heterocycles. The van der Waals surface area contributed by atoms with E-state index in [2.05, 4.69) is 0 Å². The second-order valence-electron chi connectivity index (χ2n) is 6.11. The van der Waals surface area contributed by atoms with Gasteiger partial charge in [0.25, 0.3) is 0 Å². The smallest absolute Gasteiger partial charge is 0.214 e. The first-order chi connectivity index (χ1) is 11.2. The minimum atomic E-state index is -1.81. The molecule has 0 heterocycles. The summed E-state index contributed by atoms with van der Waals surface area (Å²) >= 11 is 0. The van der Waals surface area contributed by atoms with Crippen LogP contribution in [0.4, 0.5) is 0 Å². The van der Waals surface area contributed by atoms with E-state index >= 15 is 0 Å². The molecule has 0 N–H and O–H groups in total. The van der Waals surface area contributed by atoms with Crippen LogP contribution in [0.15, 0.2) is 41.5 Å². The molecule has 0 spiro atoms. The Morgan fingerprint density at radius 1 is 1.04 bits per heavy atom. The van der Waals surface area contributed by atoms with Crippen LogP contribution in [0.1, 0.15) is 37.2 Å². The van der Waals surface area contributed by atoms with E-state index in [0.717, 1.165) is 30.4 Å². The second kappa shape index (κ2) is 5.71. The number of rotatable bonds is 1. The largest absolute Gasteiger partial charge is 0.290 e. The summed E-state index contributed by atoms with van der Waals surface area (Å²) < 4.78 is 0. The van der Waals surface area contributed by atoms with Crippen LogP contribution < -0.4 is 0 Å². The van der Waals surface area contributed by atoms with E-state index in [-0.39, 0.29) is 11.5 Å². The van der Waals surface area contributed by atoms with Gasteiger partial charge < -0.3 is 0 Å². The minimum absolute atomic E-state index is 0.0463. The van der Waals surface area contributed by atoms with Gasteiger partial charge in [0.2, 0.25) is 11.2 Å². The number of fused-ring (bicyclic) bond motifs is 1. The van der Waals surface area contributed by atoms with Gasteiger partial charge in [-0.25, -0.2) is 0 Å². The quantitative estimate of drug-likeness (QED) is 0.795. The molecule has 1 aromatic rings. The molecule has 1 saturated carbocycles. The van der Waals surface area contributed by atoms with Gasteiger partial charge in [-0.05, 0) is 36.3 Å². The summed E-state index contributed by atoms with van der Waals surface area (Å²) in [6, 6.07) is 15.2. The highest BCUT2D eigenvalue weighted by atomic mass is 16.1. The molecule has 4 heteroatoms. The number of carbonyl (C=O) groups is 1. The molecule has 0 amide bonds. The Morgan fingerprint density at radius 3 is 2.35 bits per heavy atom. The van der Waals surface area contributed by atoms with Crippen molar-refractivity contribution in [2.75, 3.05) is 0 Å². The summed E-state index contributed by atoms with van der Waals surface area (Å²) in [6.07, 6.45) is 3.43. The topological polar surface area (TPSA) is 88.4 Å². The van der Waals surface area contributed by atoms with Crippen LogP contribution in [0.5, 0.6) is 0 Å². The molecule has 23 heavy (non-hydrogen) atoms. The molecule has 1 aromatic carbocycles. The van der Waals surface area contributed by atoms with Gasteiger partial charge in [0.1, 0.15) is 6.07 Å². The summed E-state index contributed by atoms with van der Waals surface area (Å²) in [5.74, 6) is -1.21. The molecule has 2 aliphatic carbocycles. The number of nitrogens with zero attached hydrogens (tertiary/aromatic N) is 3. The molecule has 2 unspecified atom stereocenters. The molecule has 2 atom stereocenters. The van der Waals surface area contributed by atoms with Crippen molar-refractivity contribution >= 4 is 5.78 Å². The SMILES string of the molecule is N#CC1=C2CCCCC2C(c2ccccc2)C(C#N)(C#N)C1=O. The van der Waals surface area contributed by atoms with Crippen molar-refractivity contribution in [3.63, 3.8) is 0 Å². The number of hydrogen-bond donors (Lipinski definition) is 0. The van der Waals surface area contributed by atoms with E-state index in [1.165, 1.54) is 0 Å². The summed E-state index contributed by atoms with van der Waals surface area (Å²) in [6.45, 7) is 0. The number of hydrogen-bond acceptors (Lipinski definition) is 4. The van der Waals surface area contributed by atoms with Crippen molar-refractivity contribution in [2.45, 2.75) is 31.6 Å². The van der Waals surface area contributed by atoms with Gasteiger partial charge in [-0.1, -0.05) is 36.8 Å². The van der Waals surface area contributed by atoms with Crippen LogP contribution in [0.25, 0.3) is 0 Å². The number of carbonyl (C=O) groups excluding carboxylic acids is 1. The van der Waals surface area contributed by atoms with Crippen molar-refractivity contribution in [1.29, 1.82) is 15.8 Å². The number of Topliss-reactive ketones (excluding diaryl/α,β-unsaturated/α-hetero) is 1.